The first kappa shape index (κ1) is 20.2. The van der Waals surface area contributed by atoms with Crippen LogP contribution < -0.4 is 0 Å². The monoisotopic (exact) mass is 334 g/mol. The van der Waals surface area contributed by atoms with Crippen LogP contribution in [0, 0.1) is 11.3 Å². The fraction of sp³-hybridized carbons (Fsp3) is 0.600. The summed E-state index contributed by atoms with van der Waals surface area (Å²) in [6.07, 6.45) is 3.88. The number of carbonyl (C=O) groups is 2. The Morgan fingerprint density at radius 2 is 1.58 bits per heavy atom. The van der Waals surface area contributed by atoms with Crippen molar-refractivity contribution in [2.45, 2.75) is 54.4 Å². The quantitative estimate of drug-likeness (QED) is 0.512. The number of Topliss-reactive ketones (excluding diaryl/α,β-unsaturated/α-hetero) is 2. The molecule has 1 aliphatic rings. The molecule has 0 spiro atoms. The summed E-state index contributed by atoms with van der Waals surface area (Å²) in [6.45, 7) is 12.1. The molecule has 0 unspecified atom stereocenters. The molecule has 0 saturated carbocycles. The maximum absolute atomic E-state index is 12.9. The number of ketones is 2. The predicted octanol–water partition coefficient (Wildman–Crippen LogP) is 4.37. The predicted molar refractivity (Wildman–Crippen MR) is 95.4 cm³/mol. The van der Waals surface area contributed by atoms with Gasteiger partial charge in [0.15, 0.2) is 0 Å². The highest BCUT2D eigenvalue weighted by Gasteiger charge is 2.40. The summed E-state index contributed by atoms with van der Waals surface area (Å²) in [5.74, 6) is 0.0481. The van der Waals surface area contributed by atoms with Crippen LogP contribution in [0.3, 0.4) is 0 Å². The van der Waals surface area contributed by atoms with E-state index in [4.69, 9.17) is 9.47 Å². The summed E-state index contributed by atoms with van der Waals surface area (Å²) in [4.78, 5) is 25.4. The minimum Gasteiger partial charge on any atom is -0.489 e. The zero-order valence-electron chi connectivity index (χ0n) is 16.2. The molecule has 0 fully saturated rings. The number of methoxy groups -OCH3 is 2. The Balaban J connectivity index is 3.21. The maximum Gasteiger partial charge on any atom is 0.228 e. The highest BCUT2D eigenvalue weighted by molar-refractivity contribution is 6.23. The zero-order chi connectivity index (χ0) is 18.7. The molecule has 24 heavy (non-hydrogen) atoms. The molecular weight excluding hydrogens is 304 g/mol. The van der Waals surface area contributed by atoms with E-state index >= 15 is 0 Å². The summed E-state index contributed by atoms with van der Waals surface area (Å²) in [6, 6.07) is 0. The Morgan fingerprint density at radius 1 is 1.08 bits per heavy atom. The fourth-order valence-electron chi connectivity index (χ4n) is 3.22. The van der Waals surface area contributed by atoms with Crippen molar-refractivity contribution in [3.63, 3.8) is 0 Å². The molecule has 0 aliphatic heterocycles. The van der Waals surface area contributed by atoms with E-state index in [1.165, 1.54) is 19.8 Å². The lowest BCUT2D eigenvalue weighted by molar-refractivity contribution is -0.121. The molecule has 0 radical (unpaired) electrons. The van der Waals surface area contributed by atoms with Crippen LogP contribution in [0.25, 0.3) is 0 Å². The second kappa shape index (κ2) is 7.82. The molecule has 4 nitrogen and oxygen atoms in total. The van der Waals surface area contributed by atoms with Gasteiger partial charge in [0.1, 0.15) is 0 Å². The highest BCUT2D eigenvalue weighted by Crippen LogP contribution is 2.39. The lowest BCUT2D eigenvalue weighted by Crippen LogP contribution is -2.32. The van der Waals surface area contributed by atoms with Gasteiger partial charge in [0.25, 0.3) is 0 Å². The van der Waals surface area contributed by atoms with Crippen molar-refractivity contribution < 1.29 is 19.1 Å². The van der Waals surface area contributed by atoms with E-state index in [-0.39, 0.29) is 23.1 Å². The van der Waals surface area contributed by atoms with Crippen LogP contribution in [-0.2, 0) is 19.1 Å². The van der Waals surface area contributed by atoms with Crippen molar-refractivity contribution in [3.05, 3.63) is 34.3 Å². The summed E-state index contributed by atoms with van der Waals surface area (Å²) < 4.78 is 10.3. The SMILES string of the molecule is COC1=C(OC)C(=O)C(C(C)(C)CC=C(C)CC(C)C)=C(C)C1=O. The lowest BCUT2D eigenvalue weighted by atomic mass is 9.73. The van der Waals surface area contributed by atoms with Crippen LogP contribution in [-0.4, -0.2) is 25.8 Å². The number of hydrogen-bond donors (Lipinski definition) is 0. The third-order valence-electron chi connectivity index (χ3n) is 4.34. The normalized spacial score (nSPS) is 17.1. The molecule has 0 bridgehead atoms. The van der Waals surface area contributed by atoms with Crippen LogP contribution >= 0.6 is 0 Å². The summed E-state index contributed by atoms with van der Waals surface area (Å²) in [5, 5.41) is 0. The largest absolute Gasteiger partial charge is 0.489 e. The second-order valence-corrected chi connectivity index (χ2v) is 7.46. The molecule has 0 saturated heterocycles. The second-order valence-electron chi connectivity index (χ2n) is 7.46. The first-order valence-corrected chi connectivity index (χ1v) is 8.35. The van der Waals surface area contributed by atoms with E-state index in [1.54, 1.807) is 6.92 Å². The molecule has 0 N–H and O–H groups in total. The van der Waals surface area contributed by atoms with E-state index < -0.39 is 5.41 Å². The van der Waals surface area contributed by atoms with Gasteiger partial charge < -0.3 is 9.47 Å². The van der Waals surface area contributed by atoms with Crippen LogP contribution in [0.2, 0.25) is 0 Å². The molecular formula is C20H30O4. The average molecular weight is 334 g/mol. The van der Waals surface area contributed by atoms with Crippen molar-refractivity contribution in [2.24, 2.45) is 11.3 Å². The molecule has 1 rings (SSSR count). The molecule has 134 valence electrons. The number of rotatable bonds is 7. The Morgan fingerprint density at radius 3 is 2.04 bits per heavy atom. The highest BCUT2D eigenvalue weighted by atomic mass is 16.5. The van der Waals surface area contributed by atoms with Gasteiger partial charge in [-0.25, -0.2) is 0 Å². The van der Waals surface area contributed by atoms with Crippen LogP contribution in [0.5, 0.6) is 0 Å². The molecule has 0 aromatic carbocycles. The average Bonchev–Trinajstić information content (AvgIpc) is 2.48. The molecule has 0 amide bonds. The van der Waals surface area contributed by atoms with Gasteiger partial charge in [0, 0.05) is 11.1 Å². The zero-order valence-corrected chi connectivity index (χ0v) is 16.2. The summed E-state index contributed by atoms with van der Waals surface area (Å²) in [7, 11) is 2.76. The van der Waals surface area contributed by atoms with E-state index in [0.29, 0.717) is 23.5 Å². The molecule has 0 aromatic heterocycles. The van der Waals surface area contributed by atoms with Crippen molar-refractivity contribution >= 4 is 11.6 Å². The van der Waals surface area contributed by atoms with Gasteiger partial charge >= 0.3 is 0 Å². The first-order chi connectivity index (χ1) is 11.1. The van der Waals surface area contributed by atoms with Gasteiger partial charge in [-0.05, 0) is 38.0 Å². The third-order valence-corrected chi connectivity index (χ3v) is 4.34. The van der Waals surface area contributed by atoms with Crippen molar-refractivity contribution in [2.75, 3.05) is 14.2 Å². The summed E-state index contributed by atoms with van der Waals surface area (Å²) in [5.41, 5.74) is 1.79. The topological polar surface area (TPSA) is 52.6 Å². The molecule has 4 heteroatoms. The smallest absolute Gasteiger partial charge is 0.228 e. The number of carbonyl (C=O) groups excluding carboxylic acids is 2. The fourth-order valence-corrected chi connectivity index (χ4v) is 3.22. The number of allylic oxidation sites excluding steroid dienone is 4. The standard InChI is InChI=1S/C20H30O4/c1-12(2)11-13(3)9-10-20(5,6)15-14(4)16(21)18(23-7)19(24-8)17(15)22/h9,12H,10-11H2,1-8H3. The van der Waals surface area contributed by atoms with E-state index in [0.717, 1.165) is 6.42 Å². The summed E-state index contributed by atoms with van der Waals surface area (Å²) >= 11 is 0. The van der Waals surface area contributed by atoms with Gasteiger partial charge in [0.05, 0.1) is 14.2 Å². The van der Waals surface area contributed by atoms with Gasteiger partial charge in [0.2, 0.25) is 23.1 Å². The first-order valence-electron chi connectivity index (χ1n) is 8.35. The van der Waals surface area contributed by atoms with Crippen molar-refractivity contribution in [1.82, 2.24) is 0 Å². The Kier molecular flexibility index (Phi) is 6.58. The van der Waals surface area contributed by atoms with Crippen LogP contribution in [0.1, 0.15) is 54.4 Å². The molecule has 0 aromatic rings. The Labute approximate surface area is 145 Å². The van der Waals surface area contributed by atoms with Crippen molar-refractivity contribution in [1.29, 1.82) is 0 Å². The van der Waals surface area contributed by atoms with E-state index in [2.05, 4.69) is 26.8 Å². The number of ether oxygens (including phenoxy) is 2. The van der Waals surface area contributed by atoms with Crippen LogP contribution in [0.15, 0.2) is 34.3 Å². The maximum atomic E-state index is 12.9. The van der Waals surface area contributed by atoms with Crippen molar-refractivity contribution in [3.8, 4) is 0 Å². The van der Waals surface area contributed by atoms with E-state index in [1.807, 2.05) is 13.8 Å². The molecule has 0 atom stereocenters. The lowest BCUT2D eigenvalue weighted by Gasteiger charge is -2.31. The third kappa shape index (κ3) is 4.16. The van der Waals surface area contributed by atoms with Crippen LogP contribution in [0.4, 0.5) is 0 Å². The van der Waals surface area contributed by atoms with Gasteiger partial charge in [-0.1, -0.05) is 39.3 Å². The number of hydrogen-bond acceptors (Lipinski definition) is 4. The minimum absolute atomic E-state index is 0.000873. The minimum atomic E-state index is -0.460. The van der Waals surface area contributed by atoms with Gasteiger partial charge in [-0.2, -0.15) is 0 Å². The Hall–Kier alpha value is -1.84. The van der Waals surface area contributed by atoms with Gasteiger partial charge in [-0.15, -0.1) is 0 Å². The molecule has 1 aliphatic carbocycles. The molecule has 0 heterocycles. The Bertz CT molecular complexity index is 616. The van der Waals surface area contributed by atoms with Gasteiger partial charge in [-0.3, -0.25) is 9.59 Å². The van der Waals surface area contributed by atoms with E-state index in [9.17, 15) is 9.59 Å².